The van der Waals surface area contributed by atoms with E-state index in [1.165, 1.54) is 0 Å². The number of piperazine rings is 1. The molecule has 1 aliphatic heterocycles. The molecule has 1 heterocycles. The Morgan fingerprint density at radius 2 is 1.76 bits per heavy atom. The van der Waals surface area contributed by atoms with Gasteiger partial charge in [-0.25, -0.2) is 0 Å². The minimum Gasteiger partial charge on any atom is -0.494 e. The van der Waals surface area contributed by atoms with E-state index >= 15 is 0 Å². The van der Waals surface area contributed by atoms with Crippen molar-refractivity contribution in [2.45, 2.75) is 13.0 Å². The molecule has 2 rings (SSSR count). The lowest BCUT2D eigenvalue weighted by Crippen LogP contribution is -2.48. The Morgan fingerprint density at radius 3 is 2.19 bits per heavy atom. The molecule has 1 atom stereocenters. The molecule has 6 heteroatoms. The van der Waals surface area contributed by atoms with Crippen LogP contribution >= 0.6 is 23.2 Å². The van der Waals surface area contributed by atoms with Crippen molar-refractivity contribution in [3.05, 3.63) is 27.7 Å². The zero-order valence-corrected chi connectivity index (χ0v) is 14.1. The molecule has 4 nitrogen and oxygen atoms in total. The number of nitrogens with zero attached hydrogens (tertiary/aromatic N) is 2. The lowest BCUT2D eigenvalue weighted by Gasteiger charge is -2.38. The first kappa shape index (κ1) is 16.8. The summed E-state index contributed by atoms with van der Waals surface area (Å²) >= 11 is 12.5. The van der Waals surface area contributed by atoms with Crippen molar-refractivity contribution in [3.8, 4) is 5.75 Å². The Kier molecular flexibility index (Phi) is 6.14. The Hall–Kier alpha value is -0.520. The lowest BCUT2D eigenvalue weighted by atomic mass is 10.0. The van der Waals surface area contributed by atoms with Crippen LogP contribution in [0.25, 0.3) is 0 Å². The fourth-order valence-corrected chi connectivity index (χ4v) is 3.51. The van der Waals surface area contributed by atoms with Gasteiger partial charge in [-0.05, 0) is 24.2 Å². The number of methoxy groups -OCH3 is 1. The van der Waals surface area contributed by atoms with Gasteiger partial charge in [-0.1, -0.05) is 30.1 Å². The van der Waals surface area contributed by atoms with Gasteiger partial charge in [-0.15, -0.1) is 0 Å². The molecule has 118 valence electrons. The number of likely N-dealkylation sites (N-methyl/N-ethyl adjacent to an activating group) is 1. The third kappa shape index (κ3) is 3.82. The molecule has 1 aromatic rings. The van der Waals surface area contributed by atoms with Crippen LogP contribution in [0.4, 0.5) is 0 Å². The topological polar surface area (TPSA) is 41.7 Å². The molecule has 21 heavy (non-hydrogen) atoms. The molecule has 2 N–H and O–H groups in total. The molecule has 1 aromatic carbocycles. The van der Waals surface area contributed by atoms with Crippen molar-refractivity contribution >= 4 is 23.2 Å². The van der Waals surface area contributed by atoms with Gasteiger partial charge in [0, 0.05) is 38.8 Å². The summed E-state index contributed by atoms with van der Waals surface area (Å²) in [6.45, 7) is 8.01. The highest BCUT2D eigenvalue weighted by Gasteiger charge is 2.24. The minimum absolute atomic E-state index is 0.143. The molecule has 1 saturated heterocycles. The maximum absolute atomic E-state index is 6.24. The second-order valence-electron chi connectivity index (χ2n) is 5.24. The molecule has 0 saturated carbocycles. The molecule has 0 amide bonds. The first-order valence-electron chi connectivity index (χ1n) is 7.30. The highest BCUT2D eigenvalue weighted by molar-refractivity contribution is 6.37. The van der Waals surface area contributed by atoms with Gasteiger partial charge in [0.15, 0.2) is 5.75 Å². The van der Waals surface area contributed by atoms with Crippen molar-refractivity contribution in [2.75, 3.05) is 46.4 Å². The van der Waals surface area contributed by atoms with Crippen LogP contribution in [0, 0.1) is 0 Å². The van der Waals surface area contributed by atoms with Crippen LogP contribution in [0.1, 0.15) is 18.5 Å². The second kappa shape index (κ2) is 7.65. The quantitative estimate of drug-likeness (QED) is 0.900. The maximum atomic E-state index is 6.24. The van der Waals surface area contributed by atoms with E-state index in [9.17, 15) is 0 Å². The molecule has 0 aromatic heterocycles. The van der Waals surface area contributed by atoms with E-state index in [4.69, 9.17) is 33.7 Å². The van der Waals surface area contributed by atoms with E-state index < -0.39 is 0 Å². The third-order valence-electron chi connectivity index (χ3n) is 4.13. The number of hydrogen-bond donors (Lipinski definition) is 1. The number of hydrogen-bond acceptors (Lipinski definition) is 4. The number of ether oxygens (including phenoxy) is 1. The van der Waals surface area contributed by atoms with E-state index in [1.54, 1.807) is 7.11 Å². The molecule has 0 spiro atoms. The van der Waals surface area contributed by atoms with Crippen molar-refractivity contribution in [1.82, 2.24) is 9.80 Å². The van der Waals surface area contributed by atoms with Crippen molar-refractivity contribution in [1.29, 1.82) is 0 Å². The molecule has 1 aliphatic rings. The molecular weight excluding hydrogens is 309 g/mol. The Morgan fingerprint density at radius 1 is 1.19 bits per heavy atom. The van der Waals surface area contributed by atoms with Gasteiger partial charge in [-0.3, -0.25) is 4.90 Å². The molecule has 1 fully saturated rings. The smallest absolute Gasteiger partial charge is 0.156 e. The first-order chi connectivity index (χ1) is 10.1. The van der Waals surface area contributed by atoms with Crippen molar-refractivity contribution in [2.24, 2.45) is 5.73 Å². The van der Waals surface area contributed by atoms with Crippen LogP contribution in [0.3, 0.4) is 0 Å². The SMILES string of the molecule is CCN1CCN(C(CN)c2cc(Cl)c(OC)c(Cl)c2)CC1. The van der Waals surface area contributed by atoms with Gasteiger partial charge in [-0.2, -0.15) is 0 Å². The largest absolute Gasteiger partial charge is 0.494 e. The normalized spacial score (nSPS) is 18.7. The number of halogens is 2. The zero-order valence-electron chi connectivity index (χ0n) is 12.6. The summed E-state index contributed by atoms with van der Waals surface area (Å²) in [5.74, 6) is 0.522. The van der Waals surface area contributed by atoms with Crippen LogP contribution in [-0.4, -0.2) is 56.2 Å². The fourth-order valence-electron chi connectivity index (χ4n) is 2.85. The monoisotopic (exact) mass is 331 g/mol. The zero-order chi connectivity index (χ0) is 15.4. The lowest BCUT2D eigenvalue weighted by molar-refractivity contribution is 0.102. The van der Waals surface area contributed by atoms with Crippen LogP contribution in [0.2, 0.25) is 10.0 Å². The van der Waals surface area contributed by atoms with E-state index in [0.29, 0.717) is 22.3 Å². The van der Waals surface area contributed by atoms with Gasteiger partial charge < -0.3 is 15.4 Å². The fraction of sp³-hybridized carbons (Fsp3) is 0.600. The van der Waals surface area contributed by atoms with E-state index in [0.717, 1.165) is 38.3 Å². The van der Waals surface area contributed by atoms with E-state index in [-0.39, 0.29) is 6.04 Å². The number of benzene rings is 1. The third-order valence-corrected chi connectivity index (χ3v) is 4.69. The molecular formula is C15H23Cl2N3O. The van der Waals surface area contributed by atoms with E-state index in [2.05, 4.69) is 16.7 Å². The van der Waals surface area contributed by atoms with Gasteiger partial charge in [0.1, 0.15) is 0 Å². The second-order valence-corrected chi connectivity index (χ2v) is 6.05. The molecule has 1 unspecified atom stereocenters. The number of nitrogens with two attached hydrogens (primary N) is 1. The Balaban J connectivity index is 2.18. The Bertz CT molecular complexity index is 453. The summed E-state index contributed by atoms with van der Waals surface area (Å²) < 4.78 is 5.20. The van der Waals surface area contributed by atoms with Crippen molar-refractivity contribution in [3.63, 3.8) is 0 Å². The summed E-state index contributed by atoms with van der Waals surface area (Å²) in [5.41, 5.74) is 7.05. The van der Waals surface area contributed by atoms with Crippen LogP contribution in [0.5, 0.6) is 5.75 Å². The van der Waals surface area contributed by atoms with Crippen molar-refractivity contribution < 1.29 is 4.74 Å². The molecule has 0 bridgehead atoms. The highest BCUT2D eigenvalue weighted by Crippen LogP contribution is 2.36. The average molecular weight is 332 g/mol. The summed E-state index contributed by atoms with van der Waals surface area (Å²) in [7, 11) is 1.57. The highest BCUT2D eigenvalue weighted by atomic mass is 35.5. The van der Waals surface area contributed by atoms with Crippen LogP contribution in [0.15, 0.2) is 12.1 Å². The van der Waals surface area contributed by atoms with E-state index in [1.807, 2.05) is 12.1 Å². The molecule has 0 radical (unpaired) electrons. The Labute approximate surface area is 136 Å². The average Bonchev–Trinajstić information content (AvgIpc) is 2.48. The summed E-state index contributed by atoms with van der Waals surface area (Å²) in [6.07, 6.45) is 0. The predicted molar refractivity (Wildman–Crippen MR) is 88.5 cm³/mol. The summed E-state index contributed by atoms with van der Waals surface area (Å²) in [4.78, 5) is 4.85. The summed E-state index contributed by atoms with van der Waals surface area (Å²) in [5, 5.41) is 1.07. The van der Waals surface area contributed by atoms with Gasteiger partial charge in [0.2, 0.25) is 0 Å². The van der Waals surface area contributed by atoms with Gasteiger partial charge in [0.05, 0.1) is 17.2 Å². The summed E-state index contributed by atoms with van der Waals surface area (Å²) in [6, 6.07) is 3.97. The van der Waals surface area contributed by atoms with Gasteiger partial charge in [0.25, 0.3) is 0 Å². The van der Waals surface area contributed by atoms with Gasteiger partial charge >= 0.3 is 0 Å². The van der Waals surface area contributed by atoms with Crippen LogP contribution < -0.4 is 10.5 Å². The van der Waals surface area contributed by atoms with Crippen LogP contribution in [-0.2, 0) is 0 Å². The maximum Gasteiger partial charge on any atom is 0.156 e. The minimum atomic E-state index is 0.143. The standard InChI is InChI=1S/C15H23Cl2N3O/c1-3-19-4-6-20(7-5-19)14(10-18)11-8-12(16)15(21-2)13(17)9-11/h8-9,14H,3-7,10,18H2,1-2H3. The first-order valence-corrected chi connectivity index (χ1v) is 8.05. The predicted octanol–water partition coefficient (Wildman–Crippen LogP) is 2.64. The number of rotatable bonds is 5. The molecule has 0 aliphatic carbocycles.